The van der Waals surface area contributed by atoms with E-state index in [1.54, 1.807) is 12.1 Å². The van der Waals surface area contributed by atoms with Crippen LogP contribution in [0.3, 0.4) is 0 Å². The number of non-ortho nitro benzene ring substituents is 1. The molecule has 0 aliphatic heterocycles. The Morgan fingerprint density at radius 1 is 1.53 bits per heavy atom. The first-order valence-corrected chi connectivity index (χ1v) is 4.95. The largest absolute Gasteiger partial charge is 0.317 e. The smallest absolute Gasteiger partial charge is 0.269 e. The van der Waals surface area contributed by atoms with Crippen molar-refractivity contribution in [1.29, 1.82) is 0 Å². The third-order valence-electron chi connectivity index (χ3n) is 2.56. The van der Waals surface area contributed by atoms with Crippen molar-refractivity contribution in [3.8, 4) is 0 Å². The summed E-state index contributed by atoms with van der Waals surface area (Å²) in [6.07, 6.45) is 0.889. The summed E-state index contributed by atoms with van der Waals surface area (Å²) in [6.45, 7) is 3.99. The van der Waals surface area contributed by atoms with Crippen LogP contribution < -0.4 is 5.32 Å². The molecule has 1 rings (SSSR count). The lowest BCUT2D eigenvalue weighted by molar-refractivity contribution is -0.384. The van der Waals surface area contributed by atoms with E-state index in [2.05, 4.69) is 12.2 Å². The van der Waals surface area contributed by atoms with Crippen molar-refractivity contribution in [3.63, 3.8) is 0 Å². The number of hydrogen-bond donors (Lipinski definition) is 1. The van der Waals surface area contributed by atoms with Gasteiger partial charge in [0.1, 0.15) is 0 Å². The molecule has 0 fully saturated rings. The summed E-state index contributed by atoms with van der Waals surface area (Å²) in [4.78, 5) is 10.2. The highest BCUT2D eigenvalue weighted by Crippen LogP contribution is 2.18. The predicted octanol–water partition coefficient (Wildman–Crippen LogP) is 2.05. The topological polar surface area (TPSA) is 55.2 Å². The standard InChI is InChI=1S/C11H16N2O2/c1-8-6-11(13(14)15)5-4-10(8)7-9(2)12-3/h4-6,9,12H,7H2,1-3H3. The van der Waals surface area contributed by atoms with Crippen LogP contribution in [0.15, 0.2) is 18.2 Å². The summed E-state index contributed by atoms with van der Waals surface area (Å²) in [6, 6.07) is 5.40. The summed E-state index contributed by atoms with van der Waals surface area (Å²) in [7, 11) is 1.91. The fraction of sp³-hybridized carbons (Fsp3) is 0.455. The first-order valence-electron chi connectivity index (χ1n) is 4.95. The van der Waals surface area contributed by atoms with Gasteiger partial charge in [-0.15, -0.1) is 0 Å². The second-order valence-electron chi connectivity index (χ2n) is 3.76. The predicted molar refractivity (Wildman–Crippen MR) is 60.1 cm³/mol. The van der Waals surface area contributed by atoms with Crippen molar-refractivity contribution in [1.82, 2.24) is 5.32 Å². The second-order valence-corrected chi connectivity index (χ2v) is 3.76. The minimum absolute atomic E-state index is 0.161. The Hall–Kier alpha value is -1.42. The number of nitro groups is 1. The maximum Gasteiger partial charge on any atom is 0.269 e. The van der Waals surface area contributed by atoms with Gasteiger partial charge in [0.2, 0.25) is 0 Å². The number of aryl methyl sites for hydroxylation is 1. The van der Waals surface area contributed by atoms with Crippen molar-refractivity contribution in [2.75, 3.05) is 7.05 Å². The minimum Gasteiger partial charge on any atom is -0.317 e. The van der Waals surface area contributed by atoms with Crippen molar-refractivity contribution < 1.29 is 4.92 Å². The van der Waals surface area contributed by atoms with Gasteiger partial charge in [0.15, 0.2) is 0 Å². The van der Waals surface area contributed by atoms with Crippen molar-refractivity contribution >= 4 is 5.69 Å². The van der Waals surface area contributed by atoms with Crippen molar-refractivity contribution in [2.45, 2.75) is 26.3 Å². The Bertz CT molecular complexity index is 364. The Morgan fingerprint density at radius 2 is 2.20 bits per heavy atom. The Labute approximate surface area is 89.5 Å². The molecule has 0 radical (unpaired) electrons. The molecule has 1 aromatic carbocycles. The van der Waals surface area contributed by atoms with Gasteiger partial charge in [-0.25, -0.2) is 0 Å². The molecule has 1 unspecified atom stereocenters. The molecular formula is C11H16N2O2. The van der Waals surface area contributed by atoms with E-state index in [0.29, 0.717) is 6.04 Å². The Morgan fingerprint density at radius 3 is 2.67 bits per heavy atom. The summed E-state index contributed by atoms with van der Waals surface area (Å²) >= 11 is 0. The maximum absolute atomic E-state index is 10.5. The van der Waals surface area contributed by atoms with Crippen molar-refractivity contribution in [2.24, 2.45) is 0 Å². The fourth-order valence-corrected chi connectivity index (χ4v) is 1.45. The summed E-state index contributed by atoms with van der Waals surface area (Å²) < 4.78 is 0. The molecule has 0 bridgehead atoms. The molecule has 1 N–H and O–H groups in total. The molecule has 0 spiro atoms. The van der Waals surface area contributed by atoms with Gasteiger partial charge in [-0.2, -0.15) is 0 Å². The molecule has 0 aliphatic rings. The van der Waals surface area contributed by atoms with E-state index in [-0.39, 0.29) is 10.6 Å². The van der Waals surface area contributed by atoms with Crippen LogP contribution in [-0.2, 0) is 6.42 Å². The van der Waals surface area contributed by atoms with Crippen LogP contribution in [0, 0.1) is 17.0 Å². The van der Waals surface area contributed by atoms with Gasteiger partial charge in [-0.3, -0.25) is 10.1 Å². The van der Waals surface area contributed by atoms with Crippen LogP contribution in [0.2, 0.25) is 0 Å². The fourth-order valence-electron chi connectivity index (χ4n) is 1.45. The number of nitrogens with zero attached hydrogens (tertiary/aromatic N) is 1. The molecule has 0 aromatic heterocycles. The second kappa shape index (κ2) is 4.89. The number of nitro benzene ring substituents is 1. The molecule has 4 heteroatoms. The summed E-state index contributed by atoms with van der Waals surface area (Å²) in [5, 5.41) is 13.7. The third kappa shape index (κ3) is 3.02. The van der Waals surface area contributed by atoms with E-state index >= 15 is 0 Å². The van der Waals surface area contributed by atoms with Gasteiger partial charge in [0, 0.05) is 18.2 Å². The average molecular weight is 208 g/mol. The van der Waals surface area contributed by atoms with Gasteiger partial charge in [-0.1, -0.05) is 6.07 Å². The molecule has 1 aromatic rings. The van der Waals surface area contributed by atoms with Crippen LogP contribution in [0.4, 0.5) is 5.69 Å². The van der Waals surface area contributed by atoms with Gasteiger partial charge in [0.25, 0.3) is 5.69 Å². The monoisotopic (exact) mass is 208 g/mol. The van der Waals surface area contributed by atoms with Gasteiger partial charge >= 0.3 is 0 Å². The highest BCUT2D eigenvalue weighted by molar-refractivity contribution is 5.39. The molecule has 4 nitrogen and oxygen atoms in total. The van der Waals surface area contributed by atoms with Crippen LogP contribution >= 0.6 is 0 Å². The lowest BCUT2D eigenvalue weighted by Crippen LogP contribution is -2.23. The van der Waals surface area contributed by atoms with E-state index in [1.807, 2.05) is 20.0 Å². The van der Waals surface area contributed by atoms with Crippen molar-refractivity contribution in [3.05, 3.63) is 39.4 Å². The molecule has 0 heterocycles. The third-order valence-corrected chi connectivity index (χ3v) is 2.56. The average Bonchev–Trinajstić information content (AvgIpc) is 2.20. The van der Waals surface area contributed by atoms with E-state index in [0.717, 1.165) is 17.5 Å². The van der Waals surface area contributed by atoms with Gasteiger partial charge < -0.3 is 5.32 Å². The van der Waals surface area contributed by atoms with E-state index in [1.165, 1.54) is 0 Å². The lowest BCUT2D eigenvalue weighted by atomic mass is 10.0. The Balaban J connectivity index is 2.88. The molecule has 0 aliphatic carbocycles. The van der Waals surface area contributed by atoms with Crippen LogP contribution in [0.1, 0.15) is 18.1 Å². The number of nitrogens with one attached hydrogen (secondary N) is 1. The minimum atomic E-state index is -0.363. The zero-order chi connectivity index (χ0) is 11.4. The Kier molecular flexibility index (Phi) is 3.80. The van der Waals surface area contributed by atoms with E-state index < -0.39 is 0 Å². The van der Waals surface area contributed by atoms with E-state index in [9.17, 15) is 10.1 Å². The van der Waals surface area contributed by atoms with E-state index in [4.69, 9.17) is 0 Å². The lowest BCUT2D eigenvalue weighted by Gasteiger charge is -2.11. The number of hydrogen-bond acceptors (Lipinski definition) is 3. The quantitative estimate of drug-likeness (QED) is 0.608. The molecule has 0 saturated carbocycles. The van der Waals surface area contributed by atoms with Crippen LogP contribution in [0.25, 0.3) is 0 Å². The zero-order valence-electron chi connectivity index (χ0n) is 9.28. The number of rotatable bonds is 4. The van der Waals surface area contributed by atoms with Gasteiger partial charge in [-0.05, 0) is 38.4 Å². The first kappa shape index (κ1) is 11.7. The maximum atomic E-state index is 10.5. The normalized spacial score (nSPS) is 12.5. The zero-order valence-corrected chi connectivity index (χ0v) is 9.28. The van der Waals surface area contributed by atoms with Crippen LogP contribution in [0.5, 0.6) is 0 Å². The molecule has 0 saturated heterocycles. The number of likely N-dealkylation sites (N-methyl/N-ethyl adjacent to an activating group) is 1. The van der Waals surface area contributed by atoms with Gasteiger partial charge in [0.05, 0.1) is 4.92 Å². The molecule has 1 atom stereocenters. The SMILES string of the molecule is CNC(C)Cc1ccc([N+](=O)[O-])cc1C. The molecular weight excluding hydrogens is 192 g/mol. The highest BCUT2D eigenvalue weighted by Gasteiger charge is 2.09. The van der Waals surface area contributed by atoms with Crippen LogP contribution in [-0.4, -0.2) is 18.0 Å². The highest BCUT2D eigenvalue weighted by atomic mass is 16.6. The molecule has 82 valence electrons. The summed E-state index contributed by atoms with van der Waals surface area (Å²) in [5.41, 5.74) is 2.29. The first-order chi connectivity index (χ1) is 7.04. The number of benzene rings is 1. The molecule has 0 amide bonds. The summed E-state index contributed by atoms with van der Waals surface area (Å²) in [5.74, 6) is 0. The molecule has 15 heavy (non-hydrogen) atoms.